The third kappa shape index (κ3) is 4.53. The largest absolute Gasteiger partial charge is 0.503 e. The number of carboxylic acid groups (broad SMARTS) is 1. The van der Waals surface area contributed by atoms with Crippen molar-refractivity contribution in [1.82, 2.24) is 0 Å². The minimum absolute atomic E-state index is 0.122. The number of hydrogen-bond donors (Lipinski definition) is 1. The van der Waals surface area contributed by atoms with Crippen LogP contribution in [0, 0.1) is 0 Å². The number of benzene rings is 3. The van der Waals surface area contributed by atoms with E-state index in [9.17, 15) is 9.90 Å². The monoisotopic (exact) mass is 356 g/mol. The highest BCUT2D eigenvalue weighted by Gasteiger charge is 2.13. The molecule has 0 aliphatic carbocycles. The number of carbonyl (C=O) groups is 1. The third-order valence-corrected chi connectivity index (χ3v) is 4.17. The Hall–Kier alpha value is -3.59. The number of ether oxygens (including phenoxy) is 1. The van der Waals surface area contributed by atoms with Gasteiger partial charge in [-0.2, -0.15) is 0 Å². The Bertz CT molecular complexity index is 1040. The lowest BCUT2D eigenvalue weighted by Crippen LogP contribution is -2.02. The van der Waals surface area contributed by atoms with Crippen LogP contribution < -0.4 is 0 Å². The van der Waals surface area contributed by atoms with Gasteiger partial charge in [0.1, 0.15) is 5.57 Å². The van der Waals surface area contributed by atoms with Gasteiger partial charge in [-0.25, -0.2) is 4.79 Å². The first-order chi connectivity index (χ1) is 13.2. The standard InChI is InChI=1S/C24H20O3/c1-27-17-23(24(25)26)22-13-7-6-11-20(22)10-3-2-8-18-14-15-19-9-4-5-12-21(19)16-18/h2-17H,1H3,(H,25,26)/b8-2?,10-3?,23-17+. The lowest BCUT2D eigenvalue weighted by Gasteiger charge is -2.06. The zero-order valence-corrected chi connectivity index (χ0v) is 15.0. The highest BCUT2D eigenvalue weighted by molar-refractivity contribution is 6.16. The molecule has 0 amide bonds. The molecular formula is C24H20O3. The molecule has 27 heavy (non-hydrogen) atoms. The van der Waals surface area contributed by atoms with Gasteiger partial charge in [0.15, 0.2) is 0 Å². The van der Waals surface area contributed by atoms with Gasteiger partial charge in [-0.05, 0) is 33.5 Å². The topological polar surface area (TPSA) is 46.5 Å². The van der Waals surface area contributed by atoms with Gasteiger partial charge in [-0.15, -0.1) is 0 Å². The molecule has 1 N–H and O–H groups in total. The second-order valence-electron chi connectivity index (χ2n) is 5.98. The number of aliphatic carboxylic acids is 1. The van der Waals surface area contributed by atoms with E-state index in [2.05, 4.69) is 30.3 Å². The van der Waals surface area contributed by atoms with Gasteiger partial charge in [0.2, 0.25) is 0 Å². The van der Waals surface area contributed by atoms with Crippen molar-refractivity contribution >= 4 is 34.5 Å². The van der Waals surface area contributed by atoms with Crippen molar-refractivity contribution in [3.63, 3.8) is 0 Å². The van der Waals surface area contributed by atoms with Crippen molar-refractivity contribution in [1.29, 1.82) is 0 Å². The molecule has 0 fully saturated rings. The summed E-state index contributed by atoms with van der Waals surface area (Å²) < 4.78 is 4.91. The van der Waals surface area contributed by atoms with Crippen LogP contribution in [0.1, 0.15) is 16.7 Å². The van der Waals surface area contributed by atoms with Crippen molar-refractivity contribution in [2.45, 2.75) is 0 Å². The van der Waals surface area contributed by atoms with Crippen LogP contribution in [0.5, 0.6) is 0 Å². The molecule has 0 heterocycles. The molecule has 0 atom stereocenters. The van der Waals surface area contributed by atoms with Crippen LogP contribution in [0.4, 0.5) is 0 Å². The van der Waals surface area contributed by atoms with Crippen LogP contribution in [0.2, 0.25) is 0 Å². The molecule has 0 aliphatic rings. The Balaban J connectivity index is 1.82. The fourth-order valence-electron chi connectivity index (χ4n) is 2.87. The number of fused-ring (bicyclic) bond motifs is 1. The maximum atomic E-state index is 11.5. The van der Waals surface area contributed by atoms with Gasteiger partial charge >= 0.3 is 5.97 Å². The Morgan fingerprint density at radius 1 is 0.889 bits per heavy atom. The zero-order chi connectivity index (χ0) is 19.1. The highest BCUT2D eigenvalue weighted by atomic mass is 16.5. The maximum Gasteiger partial charge on any atom is 0.339 e. The smallest absolute Gasteiger partial charge is 0.339 e. The summed E-state index contributed by atoms with van der Waals surface area (Å²) in [6.07, 6.45) is 9.01. The first-order valence-corrected chi connectivity index (χ1v) is 8.58. The molecule has 3 rings (SSSR count). The Labute approximate surface area is 158 Å². The summed E-state index contributed by atoms with van der Waals surface area (Å²) in [5, 5.41) is 11.8. The Morgan fingerprint density at radius 3 is 2.37 bits per heavy atom. The van der Waals surface area contributed by atoms with Crippen molar-refractivity contribution in [3.8, 4) is 0 Å². The number of rotatable bonds is 6. The average Bonchev–Trinajstić information content (AvgIpc) is 2.69. The van der Waals surface area contributed by atoms with E-state index in [1.165, 1.54) is 24.1 Å². The summed E-state index contributed by atoms with van der Waals surface area (Å²) in [4.78, 5) is 11.5. The summed E-state index contributed by atoms with van der Waals surface area (Å²) in [5.41, 5.74) is 2.65. The van der Waals surface area contributed by atoms with Gasteiger partial charge in [-0.1, -0.05) is 85.0 Å². The molecule has 3 nitrogen and oxygen atoms in total. The molecule has 0 saturated heterocycles. The molecule has 0 aromatic heterocycles. The molecule has 134 valence electrons. The normalized spacial score (nSPS) is 12.1. The van der Waals surface area contributed by atoms with E-state index in [0.717, 1.165) is 11.1 Å². The predicted octanol–water partition coefficient (Wildman–Crippen LogP) is 5.64. The van der Waals surface area contributed by atoms with E-state index >= 15 is 0 Å². The van der Waals surface area contributed by atoms with Crippen molar-refractivity contribution in [2.24, 2.45) is 0 Å². The fraction of sp³-hybridized carbons (Fsp3) is 0.0417. The Kier molecular flexibility index (Phi) is 5.85. The second-order valence-corrected chi connectivity index (χ2v) is 5.98. The zero-order valence-electron chi connectivity index (χ0n) is 15.0. The fourth-order valence-corrected chi connectivity index (χ4v) is 2.87. The molecule has 0 aliphatic heterocycles. The lowest BCUT2D eigenvalue weighted by atomic mass is 10.00. The van der Waals surface area contributed by atoms with Crippen molar-refractivity contribution < 1.29 is 14.6 Å². The van der Waals surface area contributed by atoms with Crippen molar-refractivity contribution in [2.75, 3.05) is 7.11 Å². The molecule has 3 aromatic rings. The first-order valence-electron chi connectivity index (χ1n) is 8.58. The van der Waals surface area contributed by atoms with Gasteiger partial charge in [0, 0.05) is 0 Å². The van der Waals surface area contributed by atoms with Crippen LogP contribution >= 0.6 is 0 Å². The van der Waals surface area contributed by atoms with Crippen LogP contribution in [-0.2, 0) is 9.53 Å². The van der Waals surface area contributed by atoms with Gasteiger partial charge in [-0.3, -0.25) is 0 Å². The molecule has 0 spiro atoms. The average molecular weight is 356 g/mol. The predicted molar refractivity (Wildman–Crippen MR) is 111 cm³/mol. The Morgan fingerprint density at radius 2 is 1.59 bits per heavy atom. The quantitative estimate of drug-likeness (QED) is 0.353. The number of methoxy groups -OCH3 is 1. The van der Waals surface area contributed by atoms with E-state index in [0.29, 0.717) is 5.56 Å². The molecule has 0 saturated carbocycles. The SMILES string of the molecule is CO/C=C(/C(=O)O)c1ccccc1C=CC=Cc1ccc2ccccc2c1. The molecule has 0 unspecified atom stereocenters. The van der Waals surface area contributed by atoms with Crippen molar-refractivity contribution in [3.05, 3.63) is 102 Å². The van der Waals surface area contributed by atoms with E-state index in [4.69, 9.17) is 4.74 Å². The van der Waals surface area contributed by atoms with Crippen LogP contribution in [0.3, 0.4) is 0 Å². The number of hydrogen-bond acceptors (Lipinski definition) is 2. The van der Waals surface area contributed by atoms with Gasteiger partial charge < -0.3 is 9.84 Å². The van der Waals surface area contributed by atoms with E-state index in [1.54, 1.807) is 6.07 Å². The van der Waals surface area contributed by atoms with Crippen LogP contribution in [-0.4, -0.2) is 18.2 Å². The first kappa shape index (κ1) is 18.2. The summed E-state index contributed by atoms with van der Waals surface area (Å²) in [7, 11) is 1.44. The molecular weight excluding hydrogens is 336 g/mol. The number of allylic oxidation sites excluding steroid dienone is 2. The maximum absolute atomic E-state index is 11.5. The second kappa shape index (κ2) is 8.68. The summed E-state index contributed by atoms with van der Waals surface area (Å²) in [6.45, 7) is 0. The minimum Gasteiger partial charge on any atom is -0.503 e. The van der Waals surface area contributed by atoms with Gasteiger partial charge in [0.05, 0.1) is 13.4 Å². The lowest BCUT2D eigenvalue weighted by molar-refractivity contribution is -0.130. The summed E-state index contributed by atoms with van der Waals surface area (Å²) in [5.74, 6) is -1.02. The van der Waals surface area contributed by atoms with E-state index in [1.807, 2.05) is 54.6 Å². The minimum atomic E-state index is -1.02. The van der Waals surface area contributed by atoms with Crippen LogP contribution in [0.25, 0.3) is 28.5 Å². The third-order valence-electron chi connectivity index (χ3n) is 4.17. The van der Waals surface area contributed by atoms with E-state index in [-0.39, 0.29) is 5.57 Å². The van der Waals surface area contributed by atoms with Gasteiger partial charge in [0.25, 0.3) is 0 Å². The highest BCUT2D eigenvalue weighted by Crippen LogP contribution is 2.21. The van der Waals surface area contributed by atoms with Crippen LogP contribution in [0.15, 0.2) is 85.1 Å². The molecule has 0 radical (unpaired) electrons. The molecule has 0 bridgehead atoms. The summed E-state index contributed by atoms with van der Waals surface area (Å²) >= 11 is 0. The van der Waals surface area contributed by atoms with E-state index < -0.39 is 5.97 Å². The molecule has 3 heteroatoms. The number of carboxylic acids is 1. The summed E-state index contributed by atoms with van der Waals surface area (Å²) in [6, 6.07) is 21.9. The molecule has 3 aromatic carbocycles.